The fourth-order valence-electron chi connectivity index (χ4n) is 2.45. The summed E-state index contributed by atoms with van der Waals surface area (Å²) in [6, 6.07) is 5.33. The molecule has 0 radical (unpaired) electrons. The number of piperidine rings is 1. The molecule has 1 atom stereocenters. The lowest BCUT2D eigenvalue weighted by atomic mass is 10.1. The molecule has 6 heteroatoms. The van der Waals surface area contributed by atoms with Crippen molar-refractivity contribution in [3.63, 3.8) is 0 Å². The van der Waals surface area contributed by atoms with Gasteiger partial charge in [-0.3, -0.25) is 4.79 Å². The number of nitrogens with zero attached hydrogens (tertiary/aromatic N) is 2. The first-order valence-corrected chi connectivity index (χ1v) is 8.38. The third-order valence-corrected chi connectivity index (χ3v) is 4.25. The maximum Gasteiger partial charge on any atom is 0.280 e. The highest BCUT2D eigenvalue weighted by atomic mass is 35.5. The highest BCUT2D eigenvalue weighted by Crippen LogP contribution is 2.22. The van der Waals surface area contributed by atoms with E-state index in [-0.39, 0.29) is 5.91 Å². The summed E-state index contributed by atoms with van der Waals surface area (Å²) in [7, 11) is 0. The molecule has 1 heterocycles. The van der Waals surface area contributed by atoms with Crippen LogP contribution in [0, 0.1) is 6.92 Å². The van der Waals surface area contributed by atoms with Gasteiger partial charge in [0.1, 0.15) is 5.75 Å². The first-order valence-electron chi connectivity index (χ1n) is 8.00. The van der Waals surface area contributed by atoms with Crippen molar-refractivity contribution in [3.05, 3.63) is 28.8 Å². The van der Waals surface area contributed by atoms with E-state index in [1.54, 1.807) is 19.1 Å². The highest BCUT2D eigenvalue weighted by molar-refractivity contribution is 6.30. The Kier molecular flexibility index (Phi) is 6.42. The third-order valence-electron chi connectivity index (χ3n) is 4.01. The van der Waals surface area contributed by atoms with Crippen molar-refractivity contribution in [1.82, 2.24) is 10.3 Å². The molecule has 1 aliphatic rings. The number of likely N-dealkylation sites (tertiary alicyclic amines) is 1. The second-order valence-electron chi connectivity index (χ2n) is 5.76. The van der Waals surface area contributed by atoms with Gasteiger partial charge in [0.2, 0.25) is 0 Å². The van der Waals surface area contributed by atoms with E-state index in [0.717, 1.165) is 43.8 Å². The average molecular weight is 338 g/mol. The number of rotatable bonds is 5. The number of carbonyl (C=O) groups is 1. The van der Waals surface area contributed by atoms with E-state index >= 15 is 0 Å². The van der Waals surface area contributed by atoms with E-state index in [0.29, 0.717) is 10.8 Å². The summed E-state index contributed by atoms with van der Waals surface area (Å²) in [6.07, 6.45) is 1.19. The van der Waals surface area contributed by atoms with Crippen LogP contribution in [0.3, 0.4) is 0 Å². The van der Waals surface area contributed by atoms with Crippen LogP contribution in [0.25, 0.3) is 0 Å². The van der Waals surface area contributed by atoms with Gasteiger partial charge < -0.3 is 9.64 Å². The molecule has 1 N–H and O–H groups in total. The summed E-state index contributed by atoms with van der Waals surface area (Å²) >= 11 is 5.92. The molecule has 1 fully saturated rings. The number of halogens is 1. The Morgan fingerprint density at radius 1 is 1.43 bits per heavy atom. The number of benzene rings is 1. The van der Waals surface area contributed by atoms with Crippen molar-refractivity contribution in [3.8, 4) is 5.75 Å². The second-order valence-corrected chi connectivity index (χ2v) is 6.19. The molecule has 1 aromatic carbocycles. The van der Waals surface area contributed by atoms with Gasteiger partial charge in [0.05, 0.1) is 0 Å². The van der Waals surface area contributed by atoms with Crippen LogP contribution in [-0.2, 0) is 4.79 Å². The maximum absolute atomic E-state index is 12.1. The molecule has 0 aromatic heterocycles. The minimum Gasteiger partial charge on any atom is -0.481 e. The molecule has 1 unspecified atom stereocenters. The molecule has 1 saturated heterocycles. The minimum absolute atomic E-state index is 0.246. The zero-order chi connectivity index (χ0) is 16.8. The van der Waals surface area contributed by atoms with Crippen LogP contribution in [0.2, 0.25) is 5.02 Å². The number of ether oxygens (including phenoxy) is 1. The summed E-state index contributed by atoms with van der Waals surface area (Å²) in [5.74, 6) is 0.408. The van der Waals surface area contributed by atoms with E-state index in [2.05, 4.69) is 22.4 Å². The van der Waals surface area contributed by atoms with Gasteiger partial charge in [-0.15, -0.1) is 0 Å². The van der Waals surface area contributed by atoms with E-state index in [9.17, 15) is 4.79 Å². The smallest absolute Gasteiger partial charge is 0.280 e. The molecule has 1 amide bonds. The number of hydrogen-bond donors (Lipinski definition) is 1. The Morgan fingerprint density at radius 3 is 2.74 bits per heavy atom. The van der Waals surface area contributed by atoms with Crippen molar-refractivity contribution in [2.45, 2.75) is 39.7 Å². The van der Waals surface area contributed by atoms with Gasteiger partial charge in [0.25, 0.3) is 5.91 Å². The van der Waals surface area contributed by atoms with Crippen LogP contribution >= 0.6 is 11.6 Å². The molecule has 5 nitrogen and oxygen atoms in total. The number of hydrazone groups is 1. The molecule has 1 aromatic rings. The number of nitrogens with one attached hydrogen (secondary N) is 1. The van der Waals surface area contributed by atoms with Crippen molar-refractivity contribution in [2.75, 3.05) is 19.6 Å². The maximum atomic E-state index is 12.1. The number of aryl methyl sites for hydroxylation is 1. The van der Waals surface area contributed by atoms with Crippen molar-refractivity contribution >= 4 is 23.2 Å². The molecular formula is C17H24ClN3O2. The molecule has 1 aliphatic heterocycles. The predicted molar refractivity (Wildman–Crippen MR) is 93.2 cm³/mol. The lowest BCUT2D eigenvalue weighted by molar-refractivity contribution is -0.127. The zero-order valence-electron chi connectivity index (χ0n) is 13.9. The topological polar surface area (TPSA) is 53.9 Å². The Balaban J connectivity index is 1.85. The predicted octanol–water partition coefficient (Wildman–Crippen LogP) is 3.00. The van der Waals surface area contributed by atoms with Crippen LogP contribution in [0.1, 0.15) is 32.3 Å². The lowest BCUT2D eigenvalue weighted by Crippen LogP contribution is -2.37. The zero-order valence-corrected chi connectivity index (χ0v) is 14.7. The van der Waals surface area contributed by atoms with Gasteiger partial charge >= 0.3 is 0 Å². The Morgan fingerprint density at radius 2 is 2.13 bits per heavy atom. The summed E-state index contributed by atoms with van der Waals surface area (Å²) in [5, 5.41) is 4.89. The molecule has 0 saturated carbocycles. The van der Waals surface area contributed by atoms with Gasteiger partial charge in [0, 0.05) is 36.7 Å². The van der Waals surface area contributed by atoms with Gasteiger partial charge in [-0.2, -0.15) is 5.10 Å². The first kappa shape index (κ1) is 17.8. The van der Waals surface area contributed by atoms with Crippen LogP contribution in [0.5, 0.6) is 5.75 Å². The Bertz CT molecular complexity index is 579. The molecule has 126 valence electrons. The van der Waals surface area contributed by atoms with Crippen molar-refractivity contribution in [1.29, 1.82) is 0 Å². The van der Waals surface area contributed by atoms with Crippen LogP contribution < -0.4 is 10.2 Å². The normalized spacial score (nSPS) is 16.8. The molecule has 0 aliphatic carbocycles. The van der Waals surface area contributed by atoms with E-state index < -0.39 is 6.10 Å². The van der Waals surface area contributed by atoms with E-state index in [1.165, 1.54) is 0 Å². The van der Waals surface area contributed by atoms with Crippen LogP contribution in [0.4, 0.5) is 0 Å². The van der Waals surface area contributed by atoms with Crippen molar-refractivity contribution < 1.29 is 9.53 Å². The standard InChI is InChI=1S/C17H24ClN3O2/c1-4-21-9-7-15(8-10-21)19-20-17(22)13(3)23-16-6-5-14(18)11-12(16)2/h5-6,11,13H,4,7-10H2,1-3H3,(H,20,22). The Hall–Kier alpha value is -1.59. The average Bonchev–Trinajstić information content (AvgIpc) is 2.55. The van der Waals surface area contributed by atoms with Crippen LogP contribution in [-0.4, -0.2) is 42.3 Å². The fourth-order valence-corrected chi connectivity index (χ4v) is 2.68. The minimum atomic E-state index is -0.616. The van der Waals surface area contributed by atoms with E-state index in [1.807, 2.05) is 13.0 Å². The largest absolute Gasteiger partial charge is 0.481 e. The summed E-state index contributed by atoms with van der Waals surface area (Å²) in [6.45, 7) is 8.83. The monoisotopic (exact) mass is 337 g/mol. The van der Waals surface area contributed by atoms with Gasteiger partial charge in [-0.25, -0.2) is 5.43 Å². The quantitative estimate of drug-likeness (QED) is 0.840. The summed E-state index contributed by atoms with van der Waals surface area (Å²) < 4.78 is 5.69. The molecule has 0 spiro atoms. The molecular weight excluding hydrogens is 314 g/mol. The Labute approximate surface area is 142 Å². The SMILES string of the molecule is CCN1CCC(=NNC(=O)C(C)Oc2ccc(Cl)cc2C)CC1. The lowest BCUT2D eigenvalue weighted by Gasteiger charge is -2.25. The van der Waals surface area contributed by atoms with Crippen molar-refractivity contribution in [2.24, 2.45) is 5.10 Å². The molecule has 0 bridgehead atoms. The third kappa shape index (κ3) is 5.22. The number of carbonyl (C=O) groups excluding carboxylic acids is 1. The molecule has 23 heavy (non-hydrogen) atoms. The van der Waals surface area contributed by atoms with Crippen LogP contribution in [0.15, 0.2) is 23.3 Å². The van der Waals surface area contributed by atoms with Gasteiger partial charge in [-0.1, -0.05) is 18.5 Å². The number of amides is 1. The van der Waals surface area contributed by atoms with E-state index in [4.69, 9.17) is 16.3 Å². The highest BCUT2D eigenvalue weighted by Gasteiger charge is 2.17. The number of hydrogen-bond acceptors (Lipinski definition) is 4. The first-order chi connectivity index (χ1) is 11.0. The molecule has 2 rings (SSSR count). The summed E-state index contributed by atoms with van der Waals surface area (Å²) in [4.78, 5) is 14.5. The second kappa shape index (κ2) is 8.31. The van der Waals surface area contributed by atoms with Gasteiger partial charge in [0.15, 0.2) is 6.10 Å². The fraction of sp³-hybridized carbons (Fsp3) is 0.529. The summed E-state index contributed by atoms with van der Waals surface area (Å²) in [5.41, 5.74) is 4.55. The van der Waals surface area contributed by atoms with Gasteiger partial charge in [-0.05, 0) is 44.2 Å².